The van der Waals surface area contributed by atoms with E-state index in [1.54, 1.807) is 0 Å². The summed E-state index contributed by atoms with van der Waals surface area (Å²) in [6, 6.07) is 0. The molecule has 0 aliphatic heterocycles. The lowest BCUT2D eigenvalue weighted by molar-refractivity contribution is 0.638. The third-order valence-electron chi connectivity index (χ3n) is 3.02. The Bertz CT molecular complexity index is 128. The van der Waals surface area contributed by atoms with E-state index in [1.807, 2.05) is 12.2 Å². The van der Waals surface area contributed by atoms with Crippen LogP contribution in [0.5, 0.6) is 0 Å². The summed E-state index contributed by atoms with van der Waals surface area (Å²) < 4.78 is 0. The molecule has 0 unspecified atom stereocenters. The Morgan fingerprint density at radius 2 is 0.889 bits per heavy atom. The third kappa shape index (κ3) is 24.6. The lowest BCUT2D eigenvalue weighted by Gasteiger charge is -1.94. The topological polar surface area (TPSA) is 0 Å². The van der Waals surface area contributed by atoms with Gasteiger partial charge in [0.1, 0.15) is 0 Å². The van der Waals surface area contributed by atoms with Gasteiger partial charge in [-0.2, -0.15) is 0 Å². The van der Waals surface area contributed by atoms with Gasteiger partial charge in [0, 0.05) is 0 Å². The standard InChI is InChI=1S/2C9H18/c2*1-3-5-7-9-8-6-4-2/h2*3H,1,4-9H2,2H3. The van der Waals surface area contributed by atoms with Crippen LogP contribution in [0.4, 0.5) is 0 Å². The zero-order valence-corrected chi connectivity index (χ0v) is 13.1. The number of rotatable bonds is 12. The van der Waals surface area contributed by atoms with Gasteiger partial charge in [-0.15, -0.1) is 13.2 Å². The predicted molar refractivity (Wildman–Crippen MR) is 87.1 cm³/mol. The molecule has 0 saturated heterocycles. The molecule has 18 heavy (non-hydrogen) atoms. The highest BCUT2D eigenvalue weighted by Crippen LogP contribution is 2.05. The van der Waals surface area contributed by atoms with E-state index in [0.29, 0.717) is 0 Å². The van der Waals surface area contributed by atoms with Crippen molar-refractivity contribution in [3.63, 3.8) is 0 Å². The van der Waals surface area contributed by atoms with Gasteiger partial charge in [-0.25, -0.2) is 0 Å². The van der Waals surface area contributed by atoms with Gasteiger partial charge < -0.3 is 0 Å². The molecule has 0 saturated carbocycles. The zero-order valence-electron chi connectivity index (χ0n) is 13.1. The number of unbranched alkanes of at least 4 members (excludes halogenated alkanes) is 10. The van der Waals surface area contributed by atoms with Crippen LogP contribution in [0.3, 0.4) is 0 Å². The molecular weight excluding hydrogens is 216 g/mol. The first-order chi connectivity index (χ1) is 8.83. The second kappa shape index (κ2) is 21.7. The summed E-state index contributed by atoms with van der Waals surface area (Å²) >= 11 is 0. The van der Waals surface area contributed by atoms with E-state index >= 15 is 0 Å². The first-order valence-electron chi connectivity index (χ1n) is 8.05. The Kier molecular flexibility index (Phi) is 23.9. The molecule has 0 rings (SSSR count). The van der Waals surface area contributed by atoms with E-state index < -0.39 is 0 Å². The summed E-state index contributed by atoms with van der Waals surface area (Å²) in [5.41, 5.74) is 0. The molecule has 0 N–H and O–H groups in total. The van der Waals surface area contributed by atoms with Crippen molar-refractivity contribution in [1.82, 2.24) is 0 Å². The summed E-state index contributed by atoms with van der Waals surface area (Å²) in [6.07, 6.45) is 20.2. The van der Waals surface area contributed by atoms with Crippen LogP contribution in [0.2, 0.25) is 0 Å². The third-order valence-corrected chi connectivity index (χ3v) is 3.02. The molecule has 0 nitrogen and oxygen atoms in total. The lowest BCUT2D eigenvalue weighted by Crippen LogP contribution is -1.74. The van der Waals surface area contributed by atoms with Gasteiger partial charge in [0.05, 0.1) is 0 Å². The van der Waals surface area contributed by atoms with Crippen molar-refractivity contribution in [3.05, 3.63) is 25.3 Å². The quantitative estimate of drug-likeness (QED) is 0.257. The first kappa shape index (κ1) is 19.8. The van der Waals surface area contributed by atoms with Gasteiger partial charge in [0.15, 0.2) is 0 Å². The molecule has 0 heterocycles. The average molecular weight is 252 g/mol. The van der Waals surface area contributed by atoms with E-state index in [9.17, 15) is 0 Å². The largest absolute Gasteiger partial charge is 0.103 e. The summed E-state index contributed by atoms with van der Waals surface area (Å²) in [5.74, 6) is 0. The summed E-state index contributed by atoms with van der Waals surface area (Å²) in [5, 5.41) is 0. The van der Waals surface area contributed by atoms with Gasteiger partial charge in [0.2, 0.25) is 0 Å². The maximum atomic E-state index is 3.68. The molecule has 0 bridgehead atoms. The van der Waals surface area contributed by atoms with E-state index in [4.69, 9.17) is 0 Å². The van der Waals surface area contributed by atoms with Crippen LogP contribution in [0.25, 0.3) is 0 Å². The number of hydrogen-bond acceptors (Lipinski definition) is 0. The highest BCUT2D eigenvalue weighted by Gasteiger charge is 1.85. The van der Waals surface area contributed by atoms with Crippen LogP contribution in [-0.4, -0.2) is 0 Å². The highest BCUT2D eigenvalue weighted by molar-refractivity contribution is 4.65. The lowest BCUT2D eigenvalue weighted by atomic mass is 10.1. The van der Waals surface area contributed by atoms with E-state index in [0.717, 1.165) is 0 Å². The van der Waals surface area contributed by atoms with Gasteiger partial charge in [-0.05, 0) is 25.7 Å². The van der Waals surface area contributed by atoms with E-state index in [1.165, 1.54) is 77.0 Å². The second-order valence-electron chi connectivity index (χ2n) is 4.98. The minimum Gasteiger partial charge on any atom is -0.103 e. The Morgan fingerprint density at radius 3 is 1.17 bits per heavy atom. The first-order valence-corrected chi connectivity index (χ1v) is 8.05. The Morgan fingerprint density at radius 1 is 0.556 bits per heavy atom. The maximum Gasteiger partial charge on any atom is -0.0353 e. The molecular formula is C18H36. The maximum absolute atomic E-state index is 3.68. The van der Waals surface area contributed by atoms with E-state index in [2.05, 4.69) is 27.0 Å². The van der Waals surface area contributed by atoms with Crippen LogP contribution in [0.1, 0.15) is 90.9 Å². The molecule has 0 spiro atoms. The number of allylic oxidation sites excluding steroid dienone is 2. The minimum atomic E-state index is 1.20. The van der Waals surface area contributed by atoms with Crippen molar-refractivity contribution < 1.29 is 0 Å². The molecule has 0 aromatic rings. The van der Waals surface area contributed by atoms with Crippen LogP contribution in [0, 0.1) is 0 Å². The summed E-state index contributed by atoms with van der Waals surface area (Å²) in [4.78, 5) is 0. The van der Waals surface area contributed by atoms with Crippen molar-refractivity contribution in [2.45, 2.75) is 90.9 Å². The fourth-order valence-electron chi connectivity index (χ4n) is 1.78. The molecule has 0 aromatic carbocycles. The van der Waals surface area contributed by atoms with Gasteiger partial charge >= 0.3 is 0 Å². The van der Waals surface area contributed by atoms with Crippen molar-refractivity contribution in [3.8, 4) is 0 Å². The minimum absolute atomic E-state index is 1.20. The zero-order chi connectivity index (χ0) is 13.9. The Balaban J connectivity index is 0. The SMILES string of the molecule is C=CCCCCCCC.C=CCCCCCCC. The Labute approximate surface area is 117 Å². The van der Waals surface area contributed by atoms with Gasteiger partial charge in [0.25, 0.3) is 0 Å². The summed E-state index contributed by atoms with van der Waals surface area (Å²) in [7, 11) is 0. The monoisotopic (exact) mass is 252 g/mol. The molecule has 0 aliphatic rings. The highest BCUT2D eigenvalue weighted by atomic mass is 13.9. The van der Waals surface area contributed by atoms with Gasteiger partial charge in [-0.1, -0.05) is 77.4 Å². The van der Waals surface area contributed by atoms with Crippen LogP contribution < -0.4 is 0 Å². The van der Waals surface area contributed by atoms with Crippen molar-refractivity contribution in [1.29, 1.82) is 0 Å². The molecule has 0 amide bonds. The van der Waals surface area contributed by atoms with Crippen molar-refractivity contribution in [2.75, 3.05) is 0 Å². The molecule has 108 valence electrons. The molecule has 0 aliphatic carbocycles. The molecule has 0 atom stereocenters. The molecule has 0 heteroatoms. The normalized spacial score (nSPS) is 9.44. The van der Waals surface area contributed by atoms with Crippen molar-refractivity contribution >= 4 is 0 Å². The molecule has 0 aromatic heterocycles. The molecule has 0 radical (unpaired) electrons. The Hall–Kier alpha value is -0.520. The predicted octanol–water partition coefficient (Wildman–Crippen LogP) is 7.07. The number of hydrogen-bond donors (Lipinski definition) is 0. The van der Waals surface area contributed by atoms with Crippen LogP contribution in [-0.2, 0) is 0 Å². The van der Waals surface area contributed by atoms with E-state index in [-0.39, 0.29) is 0 Å². The fourth-order valence-corrected chi connectivity index (χ4v) is 1.78. The second-order valence-corrected chi connectivity index (χ2v) is 4.98. The average Bonchev–Trinajstić information content (AvgIpc) is 2.39. The molecule has 0 fully saturated rings. The smallest absolute Gasteiger partial charge is 0.0353 e. The summed E-state index contributed by atoms with van der Waals surface area (Å²) in [6.45, 7) is 11.8. The van der Waals surface area contributed by atoms with Crippen LogP contribution in [0.15, 0.2) is 25.3 Å². The fraction of sp³-hybridized carbons (Fsp3) is 0.778. The van der Waals surface area contributed by atoms with Gasteiger partial charge in [-0.3, -0.25) is 0 Å². The van der Waals surface area contributed by atoms with Crippen LogP contribution >= 0.6 is 0 Å². The van der Waals surface area contributed by atoms with Crippen molar-refractivity contribution in [2.24, 2.45) is 0 Å².